The third-order valence-electron chi connectivity index (χ3n) is 7.64. The lowest BCUT2D eigenvalue weighted by molar-refractivity contribution is -0.137. The van der Waals surface area contributed by atoms with Crippen molar-refractivity contribution in [3.63, 3.8) is 0 Å². The molecule has 0 aliphatic carbocycles. The standard InChI is InChI=1S/C26H44N4O5S/c1-19-15-24(34-6)16-20(2)26(19)36(32,33)29(5)13-14-35-18-25(31)30-11-8-22(9-12-30)27-23-7-10-28(4)21(3)17-23/h15-16,21-23,27H,7-14,17-18H2,1-6H3. The lowest BCUT2D eigenvalue weighted by Gasteiger charge is -2.39. The number of amides is 1. The van der Waals surface area contributed by atoms with Gasteiger partial charge in [-0.25, -0.2) is 8.42 Å². The van der Waals surface area contributed by atoms with Gasteiger partial charge in [-0.2, -0.15) is 4.31 Å². The Hall–Kier alpha value is -1.72. The Balaban J connectivity index is 1.39. The zero-order valence-electron chi connectivity index (χ0n) is 22.7. The third-order valence-corrected chi connectivity index (χ3v) is 9.80. The molecule has 0 aromatic heterocycles. The maximum atomic E-state index is 13.1. The van der Waals surface area contributed by atoms with Gasteiger partial charge in [0.1, 0.15) is 12.4 Å². The number of carbonyl (C=O) groups excluding carboxylic acids is 1. The number of hydrogen-bond acceptors (Lipinski definition) is 7. The monoisotopic (exact) mass is 524 g/mol. The van der Waals surface area contributed by atoms with E-state index in [1.165, 1.54) is 24.2 Å². The second-order valence-electron chi connectivity index (χ2n) is 10.3. The van der Waals surface area contributed by atoms with Crippen LogP contribution >= 0.6 is 0 Å². The minimum Gasteiger partial charge on any atom is -0.497 e. The molecule has 1 aromatic rings. The topological polar surface area (TPSA) is 91.4 Å². The van der Waals surface area contributed by atoms with Crippen LogP contribution in [-0.4, -0.2) is 107 Å². The first-order chi connectivity index (χ1) is 17.0. The lowest BCUT2D eigenvalue weighted by atomic mass is 9.96. The van der Waals surface area contributed by atoms with Crippen LogP contribution in [0.4, 0.5) is 0 Å². The van der Waals surface area contributed by atoms with Gasteiger partial charge in [-0.05, 0) is 83.3 Å². The molecule has 0 radical (unpaired) electrons. The summed E-state index contributed by atoms with van der Waals surface area (Å²) in [5, 5.41) is 3.81. The number of piperidine rings is 2. The summed E-state index contributed by atoms with van der Waals surface area (Å²) in [5.41, 5.74) is 1.27. The zero-order valence-corrected chi connectivity index (χ0v) is 23.6. The number of likely N-dealkylation sites (N-methyl/N-ethyl adjacent to an activating group) is 1. The molecule has 2 unspecified atom stereocenters. The molecule has 2 fully saturated rings. The first-order valence-corrected chi connectivity index (χ1v) is 14.4. The van der Waals surface area contributed by atoms with Crippen LogP contribution in [-0.2, 0) is 19.6 Å². The van der Waals surface area contributed by atoms with Crippen molar-refractivity contribution in [3.8, 4) is 5.75 Å². The summed E-state index contributed by atoms with van der Waals surface area (Å²) in [5.74, 6) is 0.596. The molecular weight excluding hydrogens is 480 g/mol. The van der Waals surface area contributed by atoms with Crippen molar-refractivity contribution < 1.29 is 22.7 Å². The molecule has 2 aliphatic heterocycles. The van der Waals surface area contributed by atoms with Crippen LogP contribution in [0, 0.1) is 13.8 Å². The summed E-state index contributed by atoms with van der Waals surface area (Å²) >= 11 is 0. The highest BCUT2D eigenvalue weighted by Crippen LogP contribution is 2.27. The summed E-state index contributed by atoms with van der Waals surface area (Å²) in [7, 11) is 1.60. The fourth-order valence-electron chi connectivity index (χ4n) is 5.22. The average molecular weight is 525 g/mol. The van der Waals surface area contributed by atoms with Crippen LogP contribution in [0.2, 0.25) is 0 Å². The number of rotatable bonds is 10. The average Bonchev–Trinajstić information content (AvgIpc) is 2.83. The Kier molecular flexibility index (Phi) is 10.2. The van der Waals surface area contributed by atoms with E-state index >= 15 is 0 Å². The SMILES string of the molecule is COc1cc(C)c(S(=O)(=O)N(C)CCOCC(=O)N2CCC(NC3CCN(C)C(C)C3)CC2)c(C)c1. The second-order valence-corrected chi connectivity index (χ2v) is 12.3. The molecule has 0 saturated carbocycles. The largest absolute Gasteiger partial charge is 0.497 e. The van der Waals surface area contributed by atoms with E-state index in [-0.39, 0.29) is 30.6 Å². The van der Waals surface area contributed by atoms with E-state index in [1.807, 2.05) is 4.90 Å². The summed E-state index contributed by atoms with van der Waals surface area (Å²) in [6.45, 7) is 8.69. The number of sulfonamides is 1. The van der Waals surface area contributed by atoms with E-state index < -0.39 is 10.0 Å². The smallest absolute Gasteiger partial charge is 0.248 e. The fourth-order valence-corrected chi connectivity index (χ4v) is 6.78. The Bertz CT molecular complexity index is 971. The summed E-state index contributed by atoms with van der Waals surface area (Å²) in [6.07, 6.45) is 4.25. The van der Waals surface area contributed by atoms with Gasteiger partial charge >= 0.3 is 0 Å². The van der Waals surface area contributed by atoms with E-state index in [4.69, 9.17) is 9.47 Å². The number of nitrogens with one attached hydrogen (secondary N) is 1. The molecule has 2 atom stereocenters. The van der Waals surface area contributed by atoms with E-state index in [2.05, 4.69) is 24.2 Å². The van der Waals surface area contributed by atoms with E-state index in [1.54, 1.807) is 33.1 Å². The molecule has 2 aliphatic rings. The molecule has 0 bridgehead atoms. The highest BCUT2D eigenvalue weighted by atomic mass is 32.2. The van der Waals surface area contributed by atoms with Crippen LogP contribution in [0.3, 0.4) is 0 Å². The quantitative estimate of drug-likeness (QED) is 0.468. The highest BCUT2D eigenvalue weighted by Gasteiger charge is 2.28. The van der Waals surface area contributed by atoms with Gasteiger partial charge in [0.2, 0.25) is 15.9 Å². The highest BCUT2D eigenvalue weighted by molar-refractivity contribution is 7.89. The number of hydrogen-bond donors (Lipinski definition) is 1. The molecule has 36 heavy (non-hydrogen) atoms. The number of nitrogens with zero attached hydrogens (tertiary/aromatic N) is 3. The molecular formula is C26H44N4O5S. The van der Waals surface area contributed by atoms with Gasteiger partial charge in [-0.3, -0.25) is 4.79 Å². The van der Waals surface area contributed by atoms with E-state index in [0.29, 0.717) is 35.0 Å². The molecule has 3 rings (SSSR count). The summed E-state index contributed by atoms with van der Waals surface area (Å²) in [6, 6.07) is 5.06. The van der Waals surface area contributed by atoms with Crippen LogP contribution < -0.4 is 10.1 Å². The molecule has 1 aromatic carbocycles. The maximum Gasteiger partial charge on any atom is 0.248 e. The van der Waals surface area contributed by atoms with Crippen LogP contribution in [0.5, 0.6) is 5.75 Å². The van der Waals surface area contributed by atoms with Crippen LogP contribution in [0.15, 0.2) is 17.0 Å². The number of ether oxygens (including phenoxy) is 2. The van der Waals surface area contributed by atoms with Gasteiger partial charge < -0.3 is 24.6 Å². The first-order valence-electron chi connectivity index (χ1n) is 13.0. The van der Waals surface area contributed by atoms with Crippen molar-refractivity contribution in [2.24, 2.45) is 0 Å². The number of carbonyl (C=O) groups is 1. The zero-order chi connectivity index (χ0) is 26.5. The van der Waals surface area contributed by atoms with Crippen molar-refractivity contribution in [1.82, 2.24) is 19.4 Å². The van der Waals surface area contributed by atoms with Gasteiger partial charge in [0.15, 0.2) is 0 Å². The second kappa shape index (κ2) is 12.7. The molecule has 204 valence electrons. The molecule has 9 nitrogen and oxygen atoms in total. The summed E-state index contributed by atoms with van der Waals surface area (Å²) < 4.78 is 38.3. The Morgan fingerprint density at radius 3 is 2.31 bits per heavy atom. The third kappa shape index (κ3) is 7.19. The van der Waals surface area contributed by atoms with Crippen molar-refractivity contribution in [3.05, 3.63) is 23.3 Å². The van der Waals surface area contributed by atoms with Gasteiger partial charge in [-0.15, -0.1) is 0 Å². The molecule has 1 N–H and O–H groups in total. The van der Waals surface area contributed by atoms with Gasteiger partial charge in [0.05, 0.1) is 18.6 Å². The van der Waals surface area contributed by atoms with Crippen LogP contribution in [0.1, 0.15) is 43.7 Å². The number of likely N-dealkylation sites (tertiary alicyclic amines) is 2. The Morgan fingerprint density at radius 2 is 1.72 bits per heavy atom. The first kappa shape index (κ1) is 28.8. The normalized spacial score (nSPS) is 22.2. The minimum absolute atomic E-state index is 0.0287. The Labute approximate surface area is 217 Å². The van der Waals surface area contributed by atoms with Gasteiger partial charge in [-0.1, -0.05) is 0 Å². The van der Waals surface area contributed by atoms with Crippen molar-refractivity contribution in [2.75, 3.05) is 60.6 Å². The fraction of sp³-hybridized carbons (Fsp3) is 0.731. The Morgan fingerprint density at radius 1 is 1.11 bits per heavy atom. The van der Waals surface area contributed by atoms with Crippen LogP contribution in [0.25, 0.3) is 0 Å². The minimum atomic E-state index is -3.68. The predicted molar refractivity (Wildman–Crippen MR) is 141 cm³/mol. The molecule has 10 heteroatoms. The number of methoxy groups -OCH3 is 1. The molecule has 2 heterocycles. The van der Waals surface area contributed by atoms with Crippen molar-refractivity contribution in [2.45, 2.75) is 69.5 Å². The number of aryl methyl sites for hydroxylation is 2. The maximum absolute atomic E-state index is 13.1. The van der Waals surface area contributed by atoms with E-state index in [0.717, 1.165) is 32.5 Å². The van der Waals surface area contributed by atoms with E-state index in [9.17, 15) is 13.2 Å². The lowest BCUT2D eigenvalue weighted by Crippen LogP contribution is -2.52. The molecule has 0 spiro atoms. The van der Waals surface area contributed by atoms with Crippen molar-refractivity contribution >= 4 is 15.9 Å². The number of benzene rings is 1. The molecule has 2 saturated heterocycles. The van der Waals surface area contributed by atoms with Gasteiger partial charge in [0, 0.05) is 44.8 Å². The predicted octanol–water partition coefficient (Wildman–Crippen LogP) is 2.01. The molecule has 1 amide bonds. The summed E-state index contributed by atoms with van der Waals surface area (Å²) in [4.78, 5) is 17.2. The van der Waals surface area contributed by atoms with Crippen molar-refractivity contribution in [1.29, 1.82) is 0 Å². The van der Waals surface area contributed by atoms with Gasteiger partial charge in [0.25, 0.3) is 0 Å².